The Morgan fingerprint density at radius 2 is 1.29 bits per heavy atom. The summed E-state index contributed by atoms with van der Waals surface area (Å²) >= 11 is 5.89. The van der Waals surface area contributed by atoms with Gasteiger partial charge in [0.15, 0.2) is 9.92 Å². The first kappa shape index (κ1) is 50.8. The second-order valence-corrected chi connectivity index (χ2v) is 13.0. The van der Waals surface area contributed by atoms with Gasteiger partial charge >= 0.3 is 138 Å². The van der Waals surface area contributed by atoms with Gasteiger partial charge in [-0.2, -0.15) is 0 Å². The first-order chi connectivity index (χ1) is 25.8. The molecule has 1 N–H and O–H groups in total. The number of carbonyl (C=O) groups excluding carboxylic acids is 1. The van der Waals surface area contributed by atoms with Gasteiger partial charge in [0, 0.05) is 41.0 Å². The molecule has 0 fully saturated rings. The zero-order valence-electron chi connectivity index (χ0n) is 31.0. The molecule has 56 heavy (non-hydrogen) atoms. The number of aromatic hydroxyl groups is 1. The topological polar surface area (TPSA) is 158 Å². The number of pyridine rings is 2. The minimum atomic E-state index is -0.507. The summed E-state index contributed by atoms with van der Waals surface area (Å²) in [4.78, 5) is 32.9. The zero-order chi connectivity index (χ0) is 37.7. The summed E-state index contributed by atoms with van der Waals surface area (Å²) in [5, 5.41) is 18.5. The Kier molecular flexibility index (Phi) is 23.6. The summed E-state index contributed by atoms with van der Waals surface area (Å²) in [7, 11) is 3.20. The molecule has 13 nitrogen and oxygen atoms in total. The summed E-state index contributed by atoms with van der Waals surface area (Å²) in [6, 6.07) is 22.2. The number of benzene rings is 2. The molecular formula is C36H35BrCs2F2N6O7S2. The third kappa shape index (κ3) is 13.3. The van der Waals surface area contributed by atoms with Crippen molar-refractivity contribution >= 4 is 75.7 Å². The van der Waals surface area contributed by atoms with Gasteiger partial charge in [-0.25, -0.2) is 24.3 Å². The number of phenolic OH excluding ortho intramolecular Hbond substituents is 1. The average Bonchev–Trinajstić information content (AvgIpc) is 3.97. The molecule has 0 atom stereocenters. The SMILES string of the molecule is C.COc1ccc2c(n1)sc1nc(-c3cccc(O)c3)cn12.COc1ccc2c(n1)sc1nc(-c3cccc(OCCF)c3)cn12.FCCBr.O=CO[O-].[Cs+].[Cs+].[H-]. The maximum atomic E-state index is 12.2. The molecule has 0 aliphatic rings. The number of carbonyl (C=O) groups is 1. The molecule has 0 aliphatic heterocycles. The van der Waals surface area contributed by atoms with Crippen molar-refractivity contribution in [1.82, 2.24) is 28.7 Å². The standard InChI is InChI=1S/C17H14FN3O2S.C15H11N3O2S.C2H4BrF.CH2O3.CH4.2Cs.H/c1-22-15-6-5-14-16(20-15)24-17-19-13(10-21(14)17)11-3-2-4-12(9-11)23-8-7-18;1-20-13-6-5-12-14(17-13)21-15-16-11(8-18(12)15)9-3-2-4-10(19)7-9;3-1-2-4;2-1-4-3;;;;/h2-6,9-10H,7-8H2,1H3;2-8,19H,1H3;1-2H2;1,3H;1H4;;;/q;;;;;2*+1;-1/p-1. The van der Waals surface area contributed by atoms with Crippen LogP contribution >= 0.6 is 38.6 Å². The molecule has 2 aromatic carbocycles. The monoisotopic (exact) mass is 1110 g/mol. The summed E-state index contributed by atoms with van der Waals surface area (Å²) in [6.45, 7) is -0.896. The number of aromatic nitrogens is 6. The third-order valence-electron chi connectivity index (χ3n) is 7.02. The quantitative estimate of drug-likeness (QED) is 0.0975. The van der Waals surface area contributed by atoms with Crippen molar-refractivity contribution < 1.29 is 182 Å². The fourth-order valence-corrected chi connectivity index (χ4v) is 6.76. The summed E-state index contributed by atoms with van der Waals surface area (Å²) in [6.07, 6.45) is 3.92. The molecule has 0 saturated heterocycles. The molecule has 0 radical (unpaired) electrons. The van der Waals surface area contributed by atoms with E-state index in [-0.39, 0.29) is 172 Å². The molecule has 0 unspecified atom stereocenters. The number of ether oxygens (including phenoxy) is 3. The number of rotatable bonds is 9. The second kappa shape index (κ2) is 26.0. The Hall–Kier alpha value is -1.33. The second-order valence-electron chi connectivity index (χ2n) is 10.3. The van der Waals surface area contributed by atoms with Crippen molar-refractivity contribution in [2.75, 3.05) is 39.5 Å². The van der Waals surface area contributed by atoms with E-state index in [9.17, 15) is 13.9 Å². The first-order valence-corrected chi connectivity index (χ1v) is 18.2. The van der Waals surface area contributed by atoms with Gasteiger partial charge in [0.1, 0.15) is 34.4 Å². The minimum Gasteiger partial charge on any atom is -1.00 e. The number of halogens is 3. The van der Waals surface area contributed by atoms with Crippen LogP contribution in [-0.4, -0.2) is 79.8 Å². The van der Waals surface area contributed by atoms with Gasteiger partial charge in [-0.15, -0.1) is 0 Å². The summed E-state index contributed by atoms with van der Waals surface area (Å²) in [5.74, 6) is 2.06. The molecule has 20 heteroatoms. The number of imidazole rings is 2. The van der Waals surface area contributed by atoms with Crippen LogP contribution < -0.4 is 157 Å². The number of methoxy groups -OCH3 is 2. The fraction of sp³-hybridized carbons (Fsp3) is 0.194. The van der Waals surface area contributed by atoms with Crippen molar-refractivity contribution in [3.8, 4) is 45.8 Å². The van der Waals surface area contributed by atoms with Crippen molar-refractivity contribution in [3.05, 3.63) is 85.2 Å². The van der Waals surface area contributed by atoms with E-state index in [2.05, 4.69) is 40.8 Å². The number of hydrogen-bond acceptors (Lipinski definition) is 13. The van der Waals surface area contributed by atoms with E-state index in [4.69, 9.17) is 24.3 Å². The fourth-order valence-electron chi connectivity index (χ4n) is 4.81. The van der Waals surface area contributed by atoms with Crippen LogP contribution in [0.15, 0.2) is 85.2 Å². The van der Waals surface area contributed by atoms with E-state index >= 15 is 0 Å². The molecule has 286 valence electrons. The van der Waals surface area contributed by atoms with Crippen LogP contribution in [0.2, 0.25) is 0 Å². The average molecular weight is 1110 g/mol. The molecule has 0 saturated carbocycles. The predicted octanol–water partition coefficient (Wildman–Crippen LogP) is 1.84. The van der Waals surface area contributed by atoms with Crippen LogP contribution in [0, 0.1) is 0 Å². The van der Waals surface area contributed by atoms with Gasteiger partial charge < -0.3 is 30.9 Å². The molecular weight excluding hydrogens is 1080 g/mol. The Bertz CT molecular complexity index is 2440. The van der Waals surface area contributed by atoms with Gasteiger partial charge in [0.2, 0.25) is 11.8 Å². The number of thiazole rings is 2. The smallest absolute Gasteiger partial charge is 1.00 e. The van der Waals surface area contributed by atoms with Gasteiger partial charge in [-0.3, -0.25) is 18.0 Å². The van der Waals surface area contributed by atoms with E-state index in [0.29, 0.717) is 22.8 Å². The molecule has 0 spiro atoms. The molecule has 8 rings (SSSR count). The largest absolute Gasteiger partial charge is 1.00 e. The first-order valence-electron chi connectivity index (χ1n) is 15.4. The number of alkyl halides is 3. The van der Waals surface area contributed by atoms with Crippen LogP contribution in [0.5, 0.6) is 23.3 Å². The summed E-state index contributed by atoms with van der Waals surface area (Å²) < 4.78 is 42.6. The molecule has 0 bridgehead atoms. The zero-order valence-corrected chi connectivity index (χ0v) is 45.8. The van der Waals surface area contributed by atoms with Crippen LogP contribution in [0.4, 0.5) is 8.78 Å². The summed E-state index contributed by atoms with van der Waals surface area (Å²) in [5.41, 5.74) is 5.46. The molecule has 0 amide bonds. The van der Waals surface area contributed by atoms with Gasteiger partial charge in [0.05, 0.1) is 43.3 Å². The number of hydrogen-bond donors (Lipinski definition) is 1. The van der Waals surface area contributed by atoms with Crippen LogP contribution in [0.25, 0.3) is 53.1 Å². The number of phenols is 1. The molecule has 8 aromatic rings. The van der Waals surface area contributed by atoms with Crippen molar-refractivity contribution in [3.63, 3.8) is 0 Å². The van der Waals surface area contributed by atoms with Crippen molar-refractivity contribution in [1.29, 1.82) is 0 Å². The van der Waals surface area contributed by atoms with Crippen LogP contribution in [-0.2, 0) is 9.68 Å². The number of fused-ring (bicyclic) bond motifs is 6. The molecule has 6 aromatic heterocycles. The Labute approximate surface area is 456 Å². The van der Waals surface area contributed by atoms with E-state index in [1.54, 1.807) is 26.4 Å². The molecule has 0 aliphatic carbocycles. The van der Waals surface area contributed by atoms with E-state index in [1.165, 1.54) is 22.7 Å². The normalized spacial score (nSPS) is 9.96. The Balaban J connectivity index is 0.000000455. The Morgan fingerprint density at radius 1 is 0.804 bits per heavy atom. The molecule has 6 heterocycles. The van der Waals surface area contributed by atoms with E-state index in [1.807, 2.05) is 81.9 Å². The van der Waals surface area contributed by atoms with Gasteiger partial charge in [-0.1, -0.05) is 70.3 Å². The third-order valence-corrected chi connectivity index (χ3v) is 9.25. The van der Waals surface area contributed by atoms with E-state index < -0.39 is 6.67 Å². The van der Waals surface area contributed by atoms with Crippen LogP contribution in [0.3, 0.4) is 0 Å². The maximum absolute atomic E-state index is 12.2. The van der Waals surface area contributed by atoms with E-state index in [0.717, 1.165) is 53.1 Å². The van der Waals surface area contributed by atoms with Crippen molar-refractivity contribution in [2.24, 2.45) is 0 Å². The minimum absolute atomic E-state index is 0. The van der Waals surface area contributed by atoms with Gasteiger partial charge in [0.25, 0.3) is 6.47 Å². The van der Waals surface area contributed by atoms with Crippen molar-refractivity contribution in [2.45, 2.75) is 7.43 Å². The number of nitrogens with zero attached hydrogens (tertiary/aromatic N) is 6. The van der Waals surface area contributed by atoms with Gasteiger partial charge in [-0.05, 0) is 36.4 Å². The van der Waals surface area contributed by atoms with Crippen LogP contribution in [0.1, 0.15) is 8.85 Å². The maximum Gasteiger partial charge on any atom is 1.00 e. The Morgan fingerprint density at radius 3 is 1.71 bits per heavy atom. The predicted molar refractivity (Wildman–Crippen MR) is 209 cm³/mol.